The Hall–Kier alpha value is -3.80. The summed E-state index contributed by atoms with van der Waals surface area (Å²) >= 11 is 0. The van der Waals surface area contributed by atoms with Crippen LogP contribution in [0.25, 0.3) is 11.1 Å². The summed E-state index contributed by atoms with van der Waals surface area (Å²) in [5.41, 5.74) is 5.43. The molecule has 1 amide bonds. The van der Waals surface area contributed by atoms with E-state index in [0.29, 0.717) is 11.3 Å². The number of rotatable bonds is 7. The molecule has 0 bridgehead atoms. The molecule has 4 rings (SSSR count). The zero-order chi connectivity index (χ0) is 21.8. The Balaban J connectivity index is 1.29. The van der Waals surface area contributed by atoms with Crippen molar-refractivity contribution in [3.05, 3.63) is 89.0 Å². The van der Waals surface area contributed by atoms with Gasteiger partial charge in [0.05, 0.1) is 12.1 Å². The van der Waals surface area contributed by atoms with Crippen molar-refractivity contribution in [2.24, 2.45) is 0 Å². The molecule has 0 aliphatic heterocycles. The van der Waals surface area contributed by atoms with E-state index in [2.05, 4.69) is 29.6 Å². The number of benzene rings is 3. The Labute approximate surface area is 180 Å². The van der Waals surface area contributed by atoms with Gasteiger partial charge in [-0.15, -0.1) is 0 Å². The van der Waals surface area contributed by atoms with Gasteiger partial charge in [-0.05, 0) is 41.3 Å². The maximum Gasteiger partial charge on any atom is 0.407 e. The minimum atomic E-state index is -1.00. The van der Waals surface area contributed by atoms with Crippen molar-refractivity contribution in [3.8, 4) is 16.9 Å². The summed E-state index contributed by atoms with van der Waals surface area (Å²) in [6.07, 6.45) is -0.513. The zero-order valence-electron chi connectivity index (χ0n) is 17.1. The van der Waals surface area contributed by atoms with Crippen LogP contribution in [-0.2, 0) is 4.74 Å². The number of nitrogens with one attached hydrogen (secondary N) is 1. The molecule has 6 nitrogen and oxygen atoms in total. The summed E-state index contributed by atoms with van der Waals surface area (Å²) in [7, 11) is 0. The van der Waals surface area contributed by atoms with Gasteiger partial charge >= 0.3 is 12.1 Å². The molecule has 0 heterocycles. The fourth-order valence-corrected chi connectivity index (χ4v) is 3.97. The number of alkyl carbamates (subject to hydrolysis) is 1. The number of carbonyl (C=O) groups is 2. The summed E-state index contributed by atoms with van der Waals surface area (Å²) < 4.78 is 11.1. The number of carboxylic acid groups (broad SMARTS) is 1. The summed E-state index contributed by atoms with van der Waals surface area (Å²) in [5, 5.41) is 11.9. The Morgan fingerprint density at radius 3 is 2.23 bits per heavy atom. The molecule has 6 heteroatoms. The smallest absolute Gasteiger partial charge is 0.407 e. The molecule has 0 saturated carbocycles. The minimum absolute atomic E-state index is 0.0100. The number of aromatic carboxylic acids is 1. The van der Waals surface area contributed by atoms with Crippen LogP contribution in [0.3, 0.4) is 0 Å². The highest BCUT2D eigenvalue weighted by molar-refractivity contribution is 5.90. The molecule has 158 valence electrons. The molecule has 1 aliphatic carbocycles. The number of carboxylic acids is 1. The van der Waals surface area contributed by atoms with Gasteiger partial charge in [-0.1, -0.05) is 54.6 Å². The third kappa shape index (κ3) is 4.23. The first kappa shape index (κ1) is 20.5. The average Bonchev–Trinajstić information content (AvgIpc) is 3.10. The number of carbonyl (C=O) groups excluding carboxylic acids is 1. The van der Waals surface area contributed by atoms with E-state index in [1.54, 1.807) is 19.1 Å². The monoisotopic (exact) mass is 417 g/mol. The highest BCUT2D eigenvalue weighted by Gasteiger charge is 2.28. The van der Waals surface area contributed by atoms with Crippen LogP contribution in [0.15, 0.2) is 66.7 Å². The number of hydrogen-bond acceptors (Lipinski definition) is 4. The van der Waals surface area contributed by atoms with Gasteiger partial charge in [0.15, 0.2) is 0 Å². The van der Waals surface area contributed by atoms with Crippen LogP contribution in [0.2, 0.25) is 0 Å². The van der Waals surface area contributed by atoms with Crippen molar-refractivity contribution in [2.75, 3.05) is 19.8 Å². The highest BCUT2D eigenvalue weighted by atomic mass is 16.5. The molecule has 0 atom stereocenters. The predicted octanol–water partition coefficient (Wildman–Crippen LogP) is 4.61. The summed E-state index contributed by atoms with van der Waals surface area (Å²) in [6, 6.07) is 21.2. The van der Waals surface area contributed by atoms with Crippen molar-refractivity contribution in [3.63, 3.8) is 0 Å². The lowest BCUT2D eigenvalue weighted by Crippen LogP contribution is -2.30. The molecule has 31 heavy (non-hydrogen) atoms. The van der Waals surface area contributed by atoms with Gasteiger partial charge in [-0.3, -0.25) is 0 Å². The molecule has 1 aliphatic rings. The lowest BCUT2D eigenvalue weighted by Gasteiger charge is -2.15. The molecule has 0 aromatic heterocycles. The summed E-state index contributed by atoms with van der Waals surface area (Å²) in [6.45, 7) is 2.39. The van der Waals surface area contributed by atoms with E-state index in [1.165, 1.54) is 17.2 Å². The van der Waals surface area contributed by atoms with E-state index >= 15 is 0 Å². The van der Waals surface area contributed by atoms with Crippen LogP contribution >= 0.6 is 0 Å². The van der Waals surface area contributed by atoms with Gasteiger partial charge in [-0.25, -0.2) is 9.59 Å². The molecule has 0 saturated heterocycles. The lowest BCUT2D eigenvalue weighted by atomic mass is 9.98. The first-order chi connectivity index (χ1) is 15.1. The van der Waals surface area contributed by atoms with E-state index in [-0.39, 0.29) is 31.2 Å². The number of ether oxygens (including phenoxy) is 2. The largest absolute Gasteiger partial charge is 0.491 e. The fraction of sp³-hybridized carbons (Fsp3) is 0.200. The third-order valence-corrected chi connectivity index (χ3v) is 5.49. The normalized spacial score (nSPS) is 12.0. The van der Waals surface area contributed by atoms with Gasteiger partial charge in [0.25, 0.3) is 0 Å². The quantitative estimate of drug-likeness (QED) is 0.549. The van der Waals surface area contributed by atoms with E-state index in [9.17, 15) is 14.7 Å². The first-order valence-corrected chi connectivity index (χ1v) is 10.1. The van der Waals surface area contributed by atoms with Crippen LogP contribution < -0.4 is 10.1 Å². The Morgan fingerprint density at radius 2 is 1.58 bits per heavy atom. The van der Waals surface area contributed by atoms with Crippen LogP contribution in [0.4, 0.5) is 4.79 Å². The molecular weight excluding hydrogens is 394 g/mol. The second-order valence-electron chi connectivity index (χ2n) is 7.33. The van der Waals surface area contributed by atoms with Gasteiger partial charge < -0.3 is 19.9 Å². The average molecular weight is 417 g/mol. The Bertz CT molecular complexity index is 1080. The predicted molar refractivity (Wildman–Crippen MR) is 117 cm³/mol. The molecule has 0 unspecified atom stereocenters. The molecular formula is C25H23NO5. The van der Waals surface area contributed by atoms with E-state index in [0.717, 1.165) is 11.1 Å². The molecule has 0 fully saturated rings. The second-order valence-corrected chi connectivity index (χ2v) is 7.33. The summed E-state index contributed by atoms with van der Waals surface area (Å²) in [4.78, 5) is 23.4. The molecule has 3 aromatic rings. The van der Waals surface area contributed by atoms with E-state index in [1.807, 2.05) is 24.3 Å². The van der Waals surface area contributed by atoms with Gasteiger partial charge in [0.2, 0.25) is 0 Å². The van der Waals surface area contributed by atoms with Crippen molar-refractivity contribution in [1.82, 2.24) is 5.32 Å². The topological polar surface area (TPSA) is 84.9 Å². The van der Waals surface area contributed by atoms with Gasteiger partial charge in [-0.2, -0.15) is 0 Å². The molecule has 2 N–H and O–H groups in total. The van der Waals surface area contributed by atoms with Crippen LogP contribution in [0, 0.1) is 6.92 Å². The highest BCUT2D eigenvalue weighted by Crippen LogP contribution is 2.44. The summed E-state index contributed by atoms with van der Waals surface area (Å²) in [5.74, 6) is -0.509. The fourth-order valence-electron chi connectivity index (χ4n) is 3.97. The van der Waals surface area contributed by atoms with Crippen LogP contribution in [0.5, 0.6) is 5.75 Å². The lowest BCUT2D eigenvalue weighted by molar-refractivity contribution is 0.0695. The zero-order valence-corrected chi connectivity index (χ0v) is 17.1. The first-order valence-electron chi connectivity index (χ1n) is 10.1. The standard InChI is InChI=1S/C25H23NO5/c1-16-17(24(27)28)11-6-12-23(16)30-14-13-26-25(29)31-15-22-20-9-4-2-7-18(20)19-8-3-5-10-21(19)22/h2-12,22H,13-15H2,1H3,(H,26,29)(H,27,28). The number of hydrogen-bond donors (Lipinski definition) is 2. The van der Waals surface area contributed by atoms with Crippen LogP contribution in [-0.4, -0.2) is 36.9 Å². The maximum atomic E-state index is 12.2. The molecule has 0 radical (unpaired) electrons. The number of fused-ring (bicyclic) bond motifs is 3. The molecule has 3 aromatic carbocycles. The Kier molecular flexibility index (Phi) is 5.89. The van der Waals surface area contributed by atoms with Crippen molar-refractivity contribution in [1.29, 1.82) is 0 Å². The SMILES string of the molecule is Cc1c(OCCNC(=O)OCC2c3ccccc3-c3ccccc32)cccc1C(=O)O. The van der Waals surface area contributed by atoms with Gasteiger partial charge in [0, 0.05) is 11.5 Å². The third-order valence-electron chi connectivity index (χ3n) is 5.49. The van der Waals surface area contributed by atoms with Gasteiger partial charge in [0.1, 0.15) is 19.0 Å². The minimum Gasteiger partial charge on any atom is -0.491 e. The molecule has 0 spiro atoms. The Morgan fingerprint density at radius 1 is 0.935 bits per heavy atom. The maximum absolute atomic E-state index is 12.2. The van der Waals surface area contributed by atoms with E-state index < -0.39 is 12.1 Å². The van der Waals surface area contributed by atoms with Crippen molar-refractivity contribution in [2.45, 2.75) is 12.8 Å². The van der Waals surface area contributed by atoms with Crippen LogP contribution in [0.1, 0.15) is 33.0 Å². The second kappa shape index (κ2) is 8.92. The van der Waals surface area contributed by atoms with Crippen molar-refractivity contribution >= 4 is 12.1 Å². The van der Waals surface area contributed by atoms with Crippen molar-refractivity contribution < 1.29 is 24.2 Å². The number of amides is 1. The van der Waals surface area contributed by atoms with E-state index in [4.69, 9.17) is 9.47 Å².